The lowest BCUT2D eigenvalue weighted by Crippen LogP contribution is -2.14. The highest BCUT2D eigenvalue weighted by Gasteiger charge is 2.17. The van der Waals surface area contributed by atoms with Crippen LogP contribution >= 0.6 is 0 Å². The number of aromatic nitrogens is 5. The van der Waals surface area contributed by atoms with Gasteiger partial charge in [-0.1, -0.05) is 20.8 Å². The van der Waals surface area contributed by atoms with Crippen LogP contribution in [0.2, 0.25) is 0 Å². The molecule has 3 aromatic rings. The third-order valence-electron chi connectivity index (χ3n) is 4.73. The lowest BCUT2D eigenvalue weighted by Gasteiger charge is -2.11. The molecule has 3 rings (SSSR count). The molecule has 1 unspecified atom stereocenters. The molecule has 2 heterocycles. The van der Waals surface area contributed by atoms with Gasteiger partial charge in [0.1, 0.15) is 5.82 Å². The number of rotatable bonds is 9. The molecule has 0 amide bonds. The molecule has 1 aromatic carbocycles. The number of nitrogens with zero attached hydrogens (tertiary/aromatic N) is 5. The lowest BCUT2D eigenvalue weighted by molar-refractivity contribution is 0.169. The summed E-state index contributed by atoms with van der Waals surface area (Å²) in [5, 5.41) is 14.4. The highest BCUT2D eigenvalue weighted by molar-refractivity contribution is 5.81. The predicted octanol–water partition coefficient (Wildman–Crippen LogP) is 2.79. The second-order valence-electron chi connectivity index (χ2n) is 7.86. The first-order valence-electron chi connectivity index (χ1n) is 10.2. The smallest absolute Gasteiger partial charge is 0.158 e. The molecule has 1 atom stereocenters. The fourth-order valence-corrected chi connectivity index (χ4v) is 3.46. The Bertz CT molecular complexity index is 925. The maximum atomic E-state index is 9.84. The van der Waals surface area contributed by atoms with E-state index in [1.54, 1.807) is 11.6 Å². The van der Waals surface area contributed by atoms with Gasteiger partial charge in [-0.15, -0.1) is 0 Å². The van der Waals surface area contributed by atoms with Crippen LogP contribution in [0.15, 0.2) is 18.2 Å². The summed E-state index contributed by atoms with van der Waals surface area (Å²) in [6, 6.07) is 6.24. The summed E-state index contributed by atoms with van der Waals surface area (Å²) >= 11 is 0. The largest absolute Gasteiger partial charge is 0.391 e. The van der Waals surface area contributed by atoms with E-state index >= 15 is 0 Å². The van der Waals surface area contributed by atoms with Gasteiger partial charge in [0, 0.05) is 24.9 Å². The average Bonchev–Trinajstić information content (AvgIpc) is 3.19. The number of fused-ring (bicyclic) bond motifs is 1. The first kappa shape index (κ1) is 20.5. The van der Waals surface area contributed by atoms with E-state index in [-0.39, 0.29) is 0 Å². The Labute approximate surface area is 166 Å². The first-order chi connectivity index (χ1) is 13.4. The minimum atomic E-state index is -0.485. The molecule has 0 aliphatic heterocycles. The highest BCUT2D eigenvalue weighted by Crippen LogP contribution is 2.26. The van der Waals surface area contributed by atoms with E-state index in [1.165, 1.54) is 0 Å². The van der Waals surface area contributed by atoms with Gasteiger partial charge < -0.3 is 15.4 Å². The van der Waals surface area contributed by atoms with Gasteiger partial charge in [-0.2, -0.15) is 5.10 Å². The van der Waals surface area contributed by atoms with Crippen LogP contribution in [-0.2, 0) is 25.9 Å². The number of aliphatic hydroxyl groups is 1. The summed E-state index contributed by atoms with van der Waals surface area (Å²) in [6.45, 7) is 10.2. The van der Waals surface area contributed by atoms with Crippen molar-refractivity contribution in [2.24, 2.45) is 11.7 Å². The summed E-state index contributed by atoms with van der Waals surface area (Å²) in [5.41, 5.74) is 8.85. The maximum absolute atomic E-state index is 9.84. The lowest BCUT2D eigenvalue weighted by atomic mass is 10.1. The summed E-state index contributed by atoms with van der Waals surface area (Å²) in [4.78, 5) is 9.57. The Kier molecular flexibility index (Phi) is 6.46. The van der Waals surface area contributed by atoms with Gasteiger partial charge in [0.2, 0.25) is 0 Å². The van der Waals surface area contributed by atoms with Gasteiger partial charge in [0.25, 0.3) is 0 Å². The van der Waals surface area contributed by atoms with Crippen molar-refractivity contribution in [3.63, 3.8) is 0 Å². The van der Waals surface area contributed by atoms with Gasteiger partial charge >= 0.3 is 0 Å². The third kappa shape index (κ3) is 4.42. The number of nitrogens with two attached hydrogens (primary N) is 1. The van der Waals surface area contributed by atoms with Crippen molar-refractivity contribution in [2.45, 2.75) is 66.2 Å². The number of hydrogen-bond acceptors (Lipinski definition) is 5. The molecule has 28 heavy (non-hydrogen) atoms. The van der Waals surface area contributed by atoms with Crippen molar-refractivity contribution >= 4 is 11.0 Å². The Morgan fingerprint density at radius 3 is 2.61 bits per heavy atom. The monoisotopic (exact) mass is 384 g/mol. The third-order valence-corrected chi connectivity index (χ3v) is 4.73. The number of imidazole rings is 1. The van der Waals surface area contributed by atoms with Crippen molar-refractivity contribution in [1.29, 1.82) is 0 Å². The van der Waals surface area contributed by atoms with Crippen molar-refractivity contribution < 1.29 is 5.11 Å². The van der Waals surface area contributed by atoms with E-state index in [4.69, 9.17) is 15.7 Å². The van der Waals surface area contributed by atoms with Crippen LogP contribution in [0.25, 0.3) is 22.4 Å². The van der Waals surface area contributed by atoms with Gasteiger partial charge in [-0.25, -0.2) is 14.6 Å². The van der Waals surface area contributed by atoms with Crippen LogP contribution in [0, 0.1) is 5.92 Å². The van der Waals surface area contributed by atoms with Crippen molar-refractivity contribution in [1.82, 2.24) is 24.3 Å². The Hall–Kier alpha value is -2.25. The topological polar surface area (TPSA) is 94.8 Å². The number of benzene rings is 1. The molecule has 0 aliphatic rings. The molecule has 0 radical (unpaired) electrons. The van der Waals surface area contributed by atoms with Crippen LogP contribution in [0.5, 0.6) is 0 Å². The number of aliphatic hydroxyl groups excluding tert-OH is 1. The summed E-state index contributed by atoms with van der Waals surface area (Å²) in [5.74, 6) is 3.22. The van der Waals surface area contributed by atoms with Gasteiger partial charge in [-0.05, 0) is 44.0 Å². The molecule has 152 valence electrons. The molecule has 0 fully saturated rings. The molecule has 0 aliphatic carbocycles. The van der Waals surface area contributed by atoms with E-state index in [2.05, 4.69) is 35.6 Å². The molecule has 7 nitrogen and oxygen atoms in total. The molecule has 0 saturated heterocycles. The van der Waals surface area contributed by atoms with Crippen molar-refractivity contribution in [3.05, 3.63) is 29.8 Å². The first-order valence-corrected chi connectivity index (χ1v) is 10.2. The van der Waals surface area contributed by atoms with E-state index in [0.717, 1.165) is 59.9 Å². The Morgan fingerprint density at radius 2 is 1.96 bits per heavy atom. The second kappa shape index (κ2) is 8.84. The van der Waals surface area contributed by atoms with Crippen LogP contribution in [0.3, 0.4) is 0 Å². The normalized spacial score (nSPS) is 13.0. The fraction of sp³-hybridized carbons (Fsp3) is 0.571. The molecule has 3 N–H and O–H groups in total. The quantitative estimate of drug-likeness (QED) is 0.591. The van der Waals surface area contributed by atoms with E-state index < -0.39 is 6.10 Å². The Morgan fingerprint density at radius 1 is 1.18 bits per heavy atom. The van der Waals surface area contributed by atoms with E-state index in [9.17, 15) is 5.11 Å². The summed E-state index contributed by atoms with van der Waals surface area (Å²) in [6.07, 6.45) is 2.13. The highest BCUT2D eigenvalue weighted by atomic mass is 16.3. The van der Waals surface area contributed by atoms with E-state index in [1.807, 2.05) is 13.0 Å². The minimum absolute atomic E-state index is 0.422. The maximum Gasteiger partial charge on any atom is 0.158 e. The molecule has 7 heteroatoms. The van der Waals surface area contributed by atoms with Crippen molar-refractivity contribution in [3.8, 4) is 11.4 Å². The van der Waals surface area contributed by atoms with Crippen LogP contribution in [0.1, 0.15) is 45.8 Å². The SMILES string of the molecule is CCc1nc(-c2ccc3nc(CC(C)C)n(CCCN)c3c2)n(CC(C)O)n1. The minimum Gasteiger partial charge on any atom is -0.391 e. The van der Waals surface area contributed by atoms with Crippen molar-refractivity contribution in [2.75, 3.05) is 6.54 Å². The zero-order valence-electron chi connectivity index (χ0n) is 17.4. The van der Waals surface area contributed by atoms with Crippen LogP contribution < -0.4 is 5.73 Å². The van der Waals surface area contributed by atoms with Gasteiger partial charge in [0.05, 0.1) is 23.7 Å². The zero-order valence-corrected chi connectivity index (χ0v) is 17.4. The molecule has 2 aromatic heterocycles. The van der Waals surface area contributed by atoms with Gasteiger partial charge in [0.15, 0.2) is 11.6 Å². The van der Waals surface area contributed by atoms with Gasteiger partial charge in [-0.3, -0.25) is 0 Å². The molecule has 0 bridgehead atoms. The van der Waals surface area contributed by atoms with E-state index in [0.29, 0.717) is 19.0 Å². The summed E-state index contributed by atoms with van der Waals surface area (Å²) < 4.78 is 4.10. The molecular formula is C21H32N6O. The van der Waals surface area contributed by atoms with Crippen LogP contribution in [-0.4, -0.2) is 42.1 Å². The number of aryl methyl sites for hydroxylation is 2. The van der Waals surface area contributed by atoms with Crippen LogP contribution in [0.4, 0.5) is 0 Å². The molecular weight excluding hydrogens is 352 g/mol. The predicted molar refractivity (Wildman–Crippen MR) is 112 cm³/mol. The number of hydrogen-bond donors (Lipinski definition) is 2. The molecule has 0 saturated carbocycles. The standard InChI is InChI=1S/C21H32N6O/c1-5-19-24-21(27(25-19)13-15(4)28)16-7-8-17-18(12-16)26(10-6-9-22)20(23-17)11-14(2)3/h7-8,12,14-15,28H,5-6,9-11,13,22H2,1-4H3. The second-order valence-corrected chi connectivity index (χ2v) is 7.86. The Balaban J connectivity index is 2.09. The fourth-order valence-electron chi connectivity index (χ4n) is 3.46. The summed E-state index contributed by atoms with van der Waals surface area (Å²) in [7, 11) is 0. The zero-order chi connectivity index (χ0) is 20.3. The molecule has 0 spiro atoms. The average molecular weight is 385 g/mol.